The first-order valence-corrected chi connectivity index (χ1v) is 8.44. The van der Waals surface area contributed by atoms with Crippen molar-refractivity contribution in [3.63, 3.8) is 0 Å². The third-order valence-corrected chi connectivity index (χ3v) is 3.99. The first-order chi connectivity index (χ1) is 11.9. The highest BCUT2D eigenvalue weighted by Gasteiger charge is 2.13. The van der Waals surface area contributed by atoms with Gasteiger partial charge in [0.05, 0.1) is 0 Å². The van der Waals surface area contributed by atoms with Crippen molar-refractivity contribution in [1.82, 2.24) is 5.32 Å². The highest BCUT2D eigenvalue weighted by atomic mass is 16.1. The second-order valence-electron chi connectivity index (χ2n) is 7.03. The molecule has 1 N–H and O–H groups in total. The molecule has 2 aromatic carbocycles. The molecule has 0 fully saturated rings. The number of rotatable bonds is 5. The van der Waals surface area contributed by atoms with Crippen LogP contribution in [0.15, 0.2) is 60.2 Å². The van der Waals surface area contributed by atoms with Crippen molar-refractivity contribution in [2.75, 3.05) is 6.54 Å². The molecular formula is C22H24N2O. The van der Waals surface area contributed by atoms with Crippen LogP contribution < -0.4 is 5.32 Å². The van der Waals surface area contributed by atoms with Gasteiger partial charge in [-0.1, -0.05) is 75.4 Å². The number of nitrogens with one attached hydrogen (secondary N) is 1. The summed E-state index contributed by atoms with van der Waals surface area (Å²) in [7, 11) is 0. The predicted octanol–water partition coefficient (Wildman–Crippen LogP) is 4.25. The SMILES string of the molecule is CC(C)(C)c1ccc(C=C(C#N)C(=O)NCCc2ccccc2)cc1. The Morgan fingerprint density at radius 1 is 1.08 bits per heavy atom. The van der Waals surface area contributed by atoms with E-state index in [-0.39, 0.29) is 16.9 Å². The lowest BCUT2D eigenvalue weighted by atomic mass is 9.86. The van der Waals surface area contributed by atoms with E-state index in [0.717, 1.165) is 17.5 Å². The van der Waals surface area contributed by atoms with Crippen LogP contribution in [0.3, 0.4) is 0 Å². The fraction of sp³-hybridized carbons (Fsp3) is 0.273. The number of nitrogens with zero attached hydrogens (tertiary/aromatic N) is 1. The average Bonchev–Trinajstić information content (AvgIpc) is 2.60. The number of hydrogen-bond donors (Lipinski definition) is 1. The van der Waals surface area contributed by atoms with Crippen LogP contribution in [0.4, 0.5) is 0 Å². The first-order valence-electron chi connectivity index (χ1n) is 8.44. The lowest BCUT2D eigenvalue weighted by Crippen LogP contribution is -2.26. The number of nitriles is 1. The zero-order valence-corrected chi connectivity index (χ0v) is 15.0. The highest BCUT2D eigenvalue weighted by Crippen LogP contribution is 2.22. The van der Waals surface area contributed by atoms with Crippen LogP contribution in [0.25, 0.3) is 6.08 Å². The van der Waals surface area contributed by atoms with Crippen molar-refractivity contribution >= 4 is 12.0 Å². The van der Waals surface area contributed by atoms with Gasteiger partial charge in [0, 0.05) is 6.54 Å². The van der Waals surface area contributed by atoms with Gasteiger partial charge in [0.2, 0.25) is 0 Å². The normalized spacial score (nSPS) is 11.7. The maximum Gasteiger partial charge on any atom is 0.261 e. The zero-order valence-electron chi connectivity index (χ0n) is 15.0. The van der Waals surface area contributed by atoms with Crippen LogP contribution in [0.5, 0.6) is 0 Å². The van der Waals surface area contributed by atoms with Gasteiger partial charge in [-0.2, -0.15) is 5.26 Å². The van der Waals surface area contributed by atoms with E-state index in [2.05, 4.69) is 26.1 Å². The summed E-state index contributed by atoms with van der Waals surface area (Å²) >= 11 is 0. The van der Waals surface area contributed by atoms with E-state index >= 15 is 0 Å². The van der Waals surface area contributed by atoms with Crippen molar-refractivity contribution in [2.45, 2.75) is 32.6 Å². The quantitative estimate of drug-likeness (QED) is 0.657. The van der Waals surface area contributed by atoms with Crippen LogP contribution in [-0.4, -0.2) is 12.5 Å². The Balaban J connectivity index is 1.99. The standard InChI is InChI=1S/C22H24N2O/c1-22(2,3)20-11-9-18(10-12-20)15-19(16-23)21(25)24-14-13-17-7-5-4-6-8-17/h4-12,15H,13-14H2,1-3H3,(H,24,25). The van der Waals surface area contributed by atoms with E-state index < -0.39 is 0 Å². The molecule has 0 spiro atoms. The van der Waals surface area contributed by atoms with Crippen LogP contribution in [0.1, 0.15) is 37.5 Å². The van der Waals surface area contributed by atoms with Crippen LogP contribution >= 0.6 is 0 Å². The molecule has 0 saturated heterocycles. The molecule has 2 aromatic rings. The van der Waals surface area contributed by atoms with Crippen LogP contribution in [0.2, 0.25) is 0 Å². The van der Waals surface area contributed by atoms with Crippen molar-refractivity contribution in [1.29, 1.82) is 5.26 Å². The summed E-state index contributed by atoms with van der Waals surface area (Å²) in [5.41, 5.74) is 3.42. The number of carbonyl (C=O) groups is 1. The summed E-state index contributed by atoms with van der Waals surface area (Å²) in [6.45, 7) is 6.96. The van der Waals surface area contributed by atoms with E-state index in [9.17, 15) is 10.1 Å². The van der Waals surface area contributed by atoms with E-state index in [1.54, 1.807) is 6.08 Å². The molecule has 0 aliphatic heterocycles. The predicted molar refractivity (Wildman–Crippen MR) is 102 cm³/mol. The number of benzene rings is 2. The third-order valence-electron chi connectivity index (χ3n) is 3.99. The fourth-order valence-corrected chi connectivity index (χ4v) is 2.45. The molecule has 0 radical (unpaired) electrons. The molecule has 0 aliphatic carbocycles. The lowest BCUT2D eigenvalue weighted by molar-refractivity contribution is -0.117. The summed E-state index contributed by atoms with van der Waals surface area (Å²) in [5, 5.41) is 12.1. The summed E-state index contributed by atoms with van der Waals surface area (Å²) < 4.78 is 0. The maximum absolute atomic E-state index is 12.2. The van der Waals surface area contributed by atoms with Gasteiger partial charge in [0.1, 0.15) is 11.6 Å². The minimum absolute atomic E-state index is 0.0785. The second-order valence-corrected chi connectivity index (χ2v) is 7.03. The summed E-state index contributed by atoms with van der Waals surface area (Å²) in [5.74, 6) is -0.335. The molecule has 128 valence electrons. The minimum Gasteiger partial charge on any atom is -0.351 e. The lowest BCUT2D eigenvalue weighted by Gasteiger charge is -2.18. The smallest absolute Gasteiger partial charge is 0.261 e. The molecule has 0 unspecified atom stereocenters. The zero-order chi connectivity index (χ0) is 18.3. The van der Waals surface area contributed by atoms with Crippen molar-refractivity contribution < 1.29 is 4.79 Å². The largest absolute Gasteiger partial charge is 0.351 e. The molecule has 0 saturated carbocycles. The molecule has 3 nitrogen and oxygen atoms in total. The number of amides is 1. The van der Waals surface area contributed by atoms with Crippen LogP contribution in [-0.2, 0) is 16.6 Å². The second kappa shape index (κ2) is 8.30. The molecule has 0 heterocycles. The summed E-state index contributed by atoms with van der Waals surface area (Å²) in [4.78, 5) is 12.2. The van der Waals surface area contributed by atoms with Gasteiger partial charge in [-0.15, -0.1) is 0 Å². The Kier molecular flexibility index (Phi) is 6.14. The maximum atomic E-state index is 12.2. The number of hydrogen-bond acceptors (Lipinski definition) is 2. The van der Waals surface area contributed by atoms with E-state index in [1.807, 2.05) is 60.7 Å². The van der Waals surface area contributed by atoms with Gasteiger partial charge in [-0.25, -0.2) is 0 Å². The Hall–Kier alpha value is -2.86. The van der Waals surface area contributed by atoms with Gasteiger partial charge in [0.25, 0.3) is 5.91 Å². The first kappa shape index (κ1) is 18.5. The molecule has 3 heteroatoms. The number of carbonyl (C=O) groups excluding carboxylic acids is 1. The Bertz CT molecular complexity index is 776. The molecule has 0 aromatic heterocycles. The molecular weight excluding hydrogens is 308 g/mol. The van der Waals surface area contributed by atoms with E-state index in [0.29, 0.717) is 6.54 Å². The molecule has 1 amide bonds. The Morgan fingerprint density at radius 3 is 2.28 bits per heavy atom. The highest BCUT2D eigenvalue weighted by molar-refractivity contribution is 6.01. The molecule has 25 heavy (non-hydrogen) atoms. The summed E-state index contributed by atoms with van der Waals surface area (Å²) in [6.07, 6.45) is 2.37. The third kappa shape index (κ3) is 5.61. The molecule has 0 aliphatic rings. The van der Waals surface area contributed by atoms with Crippen LogP contribution in [0, 0.1) is 11.3 Å². The average molecular weight is 332 g/mol. The van der Waals surface area contributed by atoms with Crippen molar-refractivity contribution in [3.05, 3.63) is 76.9 Å². The minimum atomic E-state index is -0.335. The molecule has 2 rings (SSSR count). The van der Waals surface area contributed by atoms with Gasteiger partial charge >= 0.3 is 0 Å². The van der Waals surface area contributed by atoms with Gasteiger partial charge in [-0.3, -0.25) is 4.79 Å². The topological polar surface area (TPSA) is 52.9 Å². The van der Waals surface area contributed by atoms with E-state index in [1.165, 1.54) is 5.56 Å². The summed E-state index contributed by atoms with van der Waals surface area (Å²) in [6, 6.07) is 19.9. The van der Waals surface area contributed by atoms with Crippen molar-refractivity contribution in [2.24, 2.45) is 0 Å². The van der Waals surface area contributed by atoms with Gasteiger partial charge in [0.15, 0.2) is 0 Å². The molecule has 0 bridgehead atoms. The molecule has 0 atom stereocenters. The van der Waals surface area contributed by atoms with E-state index in [4.69, 9.17) is 0 Å². The Labute approximate surface area is 150 Å². The Morgan fingerprint density at radius 2 is 1.72 bits per heavy atom. The fourth-order valence-electron chi connectivity index (χ4n) is 2.45. The van der Waals surface area contributed by atoms with Gasteiger partial charge in [-0.05, 0) is 34.6 Å². The van der Waals surface area contributed by atoms with Crippen molar-refractivity contribution in [3.8, 4) is 6.07 Å². The monoisotopic (exact) mass is 332 g/mol. The van der Waals surface area contributed by atoms with Gasteiger partial charge < -0.3 is 5.32 Å².